The molecule has 0 amide bonds. The molecule has 0 bridgehead atoms. The summed E-state index contributed by atoms with van der Waals surface area (Å²) in [6.45, 7) is 0. The molecular formula is C12H11F3O6. The molecular weight excluding hydrogens is 297 g/mol. The second-order valence-electron chi connectivity index (χ2n) is 4.09. The van der Waals surface area contributed by atoms with Crippen LogP contribution in [0.3, 0.4) is 0 Å². The Labute approximate surface area is 116 Å². The van der Waals surface area contributed by atoms with Crippen molar-refractivity contribution < 1.29 is 42.8 Å². The third-order valence-electron chi connectivity index (χ3n) is 2.40. The maximum atomic E-state index is 12.2. The molecule has 1 aromatic rings. The van der Waals surface area contributed by atoms with Crippen LogP contribution in [-0.4, -0.2) is 33.6 Å². The molecule has 6 nitrogen and oxygen atoms in total. The van der Waals surface area contributed by atoms with Crippen LogP contribution in [0.15, 0.2) is 18.2 Å². The molecule has 1 unspecified atom stereocenters. The van der Waals surface area contributed by atoms with Crippen molar-refractivity contribution in [3.63, 3.8) is 0 Å². The van der Waals surface area contributed by atoms with Gasteiger partial charge in [-0.3, -0.25) is 4.79 Å². The first kappa shape index (κ1) is 16.8. The van der Waals surface area contributed by atoms with Gasteiger partial charge in [0.1, 0.15) is 5.75 Å². The Kier molecular flexibility index (Phi) is 5.14. The van der Waals surface area contributed by atoms with Gasteiger partial charge in [0.15, 0.2) is 6.10 Å². The van der Waals surface area contributed by atoms with Gasteiger partial charge in [0.25, 0.3) is 0 Å². The second kappa shape index (κ2) is 6.44. The van der Waals surface area contributed by atoms with E-state index in [1.807, 2.05) is 0 Å². The van der Waals surface area contributed by atoms with Crippen molar-refractivity contribution in [3.05, 3.63) is 29.3 Å². The number of carboxylic acids is 2. The number of hydrogen-bond donors (Lipinski definition) is 3. The van der Waals surface area contributed by atoms with Crippen LogP contribution in [0.5, 0.6) is 5.75 Å². The topological polar surface area (TPSA) is 104 Å². The molecule has 0 aliphatic carbocycles. The Balaban J connectivity index is 3.12. The highest BCUT2D eigenvalue weighted by Crippen LogP contribution is 2.28. The van der Waals surface area contributed by atoms with E-state index < -0.39 is 30.2 Å². The molecule has 0 fully saturated rings. The van der Waals surface area contributed by atoms with Crippen LogP contribution in [0.25, 0.3) is 0 Å². The summed E-state index contributed by atoms with van der Waals surface area (Å²) in [4.78, 5) is 21.1. The number of benzene rings is 1. The Morgan fingerprint density at radius 1 is 1.19 bits per heavy atom. The maximum Gasteiger partial charge on any atom is 0.573 e. The standard InChI is InChI=1S/C12H11F3O6/c13-12(14,15)21-8-4-6(1-2-9(16)17)3-7(5-8)10(18)11(19)20/h3-5,10,18H,1-2H2,(H,16,17)(H,19,20). The number of aliphatic hydroxyl groups excluding tert-OH is 1. The highest BCUT2D eigenvalue weighted by Gasteiger charge is 2.31. The lowest BCUT2D eigenvalue weighted by Gasteiger charge is -2.14. The van der Waals surface area contributed by atoms with E-state index in [9.17, 15) is 27.9 Å². The third-order valence-corrected chi connectivity index (χ3v) is 2.40. The van der Waals surface area contributed by atoms with Crippen molar-refractivity contribution in [3.8, 4) is 5.75 Å². The summed E-state index contributed by atoms with van der Waals surface area (Å²) in [5.74, 6) is -3.54. The molecule has 0 saturated carbocycles. The van der Waals surface area contributed by atoms with Crippen LogP contribution >= 0.6 is 0 Å². The summed E-state index contributed by atoms with van der Waals surface area (Å²) >= 11 is 0. The SMILES string of the molecule is O=C(O)CCc1cc(OC(F)(F)F)cc(C(O)C(=O)O)c1. The van der Waals surface area contributed by atoms with E-state index >= 15 is 0 Å². The van der Waals surface area contributed by atoms with Gasteiger partial charge in [0, 0.05) is 6.42 Å². The zero-order chi connectivity index (χ0) is 16.2. The average Bonchev–Trinajstić information content (AvgIpc) is 2.32. The first-order valence-corrected chi connectivity index (χ1v) is 5.61. The molecule has 1 rings (SSSR count). The normalized spacial score (nSPS) is 12.8. The summed E-state index contributed by atoms with van der Waals surface area (Å²) < 4.78 is 40.2. The van der Waals surface area contributed by atoms with E-state index in [4.69, 9.17) is 10.2 Å². The molecule has 1 atom stereocenters. The Morgan fingerprint density at radius 3 is 2.29 bits per heavy atom. The lowest BCUT2D eigenvalue weighted by atomic mass is 10.0. The zero-order valence-corrected chi connectivity index (χ0v) is 10.4. The lowest BCUT2D eigenvalue weighted by Crippen LogP contribution is -2.18. The number of alkyl halides is 3. The number of carbonyl (C=O) groups is 2. The molecule has 0 heterocycles. The van der Waals surface area contributed by atoms with Gasteiger partial charge in [0.05, 0.1) is 0 Å². The lowest BCUT2D eigenvalue weighted by molar-refractivity contribution is -0.274. The Hall–Kier alpha value is -2.29. The minimum absolute atomic E-state index is 0.106. The highest BCUT2D eigenvalue weighted by atomic mass is 19.4. The molecule has 0 aliphatic rings. The quantitative estimate of drug-likeness (QED) is 0.739. The molecule has 3 N–H and O–H groups in total. The smallest absolute Gasteiger partial charge is 0.481 e. The van der Waals surface area contributed by atoms with Gasteiger partial charge in [0.2, 0.25) is 0 Å². The van der Waals surface area contributed by atoms with Crippen molar-refractivity contribution in [1.82, 2.24) is 0 Å². The van der Waals surface area contributed by atoms with Crippen molar-refractivity contribution in [1.29, 1.82) is 0 Å². The van der Waals surface area contributed by atoms with Gasteiger partial charge in [-0.1, -0.05) is 6.07 Å². The van der Waals surface area contributed by atoms with Crippen molar-refractivity contribution in [2.24, 2.45) is 0 Å². The first-order valence-electron chi connectivity index (χ1n) is 5.61. The van der Waals surface area contributed by atoms with Gasteiger partial charge >= 0.3 is 18.3 Å². The summed E-state index contributed by atoms with van der Waals surface area (Å²) in [6.07, 6.45) is -7.52. The monoisotopic (exact) mass is 308 g/mol. The summed E-state index contributed by atoms with van der Waals surface area (Å²) in [6, 6.07) is 2.79. The molecule has 116 valence electrons. The molecule has 0 aliphatic heterocycles. The number of aliphatic carboxylic acids is 2. The molecule has 0 saturated heterocycles. The van der Waals surface area contributed by atoms with Gasteiger partial charge in [-0.2, -0.15) is 0 Å². The molecule has 9 heteroatoms. The van der Waals surface area contributed by atoms with E-state index in [1.54, 1.807) is 0 Å². The van der Waals surface area contributed by atoms with E-state index in [0.717, 1.165) is 18.2 Å². The van der Waals surface area contributed by atoms with Crippen LogP contribution in [0.1, 0.15) is 23.7 Å². The van der Waals surface area contributed by atoms with Gasteiger partial charge < -0.3 is 20.1 Å². The maximum absolute atomic E-state index is 12.2. The highest BCUT2D eigenvalue weighted by molar-refractivity contribution is 5.74. The van der Waals surface area contributed by atoms with E-state index in [-0.39, 0.29) is 24.0 Å². The molecule has 0 aromatic heterocycles. The number of halogens is 3. The van der Waals surface area contributed by atoms with E-state index in [0.29, 0.717) is 0 Å². The molecule has 1 aromatic carbocycles. The molecule has 21 heavy (non-hydrogen) atoms. The van der Waals surface area contributed by atoms with Gasteiger partial charge in [-0.15, -0.1) is 13.2 Å². The van der Waals surface area contributed by atoms with Crippen molar-refractivity contribution in [2.75, 3.05) is 0 Å². The van der Waals surface area contributed by atoms with Gasteiger partial charge in [-0.05, 0) is 29.7 Å². The fraction of sp³-hybridized carbons (Fsp3) is 0.333. The number of rotatable bonds is 6. The summed E-state index contributed by atoms with van der Waals surface area (Å²) in [5, 5.41) is 26.6. The largest absolute Gasteiger partial charge is 0.573 e. The second-order valence-corrected chi connectivity index (χ2v) is 4.09. The van der Waals surface area contributed by atoms with Crippen molar-refractivity contribution >= 4 is 11.9 Å². The third kappa shape index (κ3) is 5.69. The number of aliphatic hydroxyl groups is 1. The fourth-order valence-electron chi connectivity index (χ4n) is 1.57. The number of aryl methyl sites for hydroxylation is 1. The summed E-state index contributed by atoms with van der Waals surface area (Å²) in [7, 11) is 0. The average molecular weight is 308 g/mol. The fourth-order valence-corrected chi connectivity index (χ4v) is 1.57. The summed E-state index contributed by atoms with van der Waals surface area (Å²) in [5.41, 5.74) is -0.223. The molecule has 0 radical (unpaired) electrons. The van der Waals surface area contributed by atoms with Crippen LogP contribution in [-0.2, 0) is 16.0 Å². The Morgan fingerprint density at radius 2 is 1.81 bits per heavy atom. The van der Waals surface area contributed by atoms with Crippen LogP contribution in [0.4, 0.5) is 13.2 Å². The zero-order valence-electron chi connectivity index (χ0n) is 10.4. The van der Waals surface area contributed by atoms with Crippen LogP contribution in [0, 0.1) is 0 Å². The predicted octanol–water partition coefficient (Wildman–Crippen LogP) is 1.72. The molecule has 0 spiro atoms. The number of carboxylic acid groups (broad SMARTS) is 2. The Bertz CT molecular complexity index is 540. The number of hydrogen-bond acceptors (Lipinski definition) is 4. The van der Waals surface area contributed by atoms with Crippen molar-refractivity contribution in [2.45, 2.75) is 25.3 Å². The van der Waals surface area contributed by atoms with E-state index in [2.05, 4.69) is 4.74 Å². The van der Waals surface area contributed by atoms with Crippen LogP contribution < -0.4 is 4.74 Å². The number of ether oxygens (including phenoxy) is 1. The minimum atomic E-state index is -4.99. The predicted molar refractivity (Wildman–Crippen MR) is 61.7 cm³/mol. The minimum Gasteiger partial charge on any atom is -0.481 e. The van der Waals surface area contributed by atoms with E-state index in [1.165, 1.54) is 0 Å². The first-order chi connectivity index (χ1) is 9.58. The van der Waals surface area contributed by atoms with Crippen LogP contribution in [0.2, 0.25) is 0 Å². The van der Waals surface area contributed by atoms with Gasteiger partial charge in [-0.25, -0.2) is 4.79 Å².